The molecular weight excluding hydrogens is 358 g/mol. The molecule has 5 rings (SSSR count). The van der Waals surface area contributed by atoms with Crippen molar-refractivity contribution in [2.75, 3.05) is 18.0 Å². The van der Waals surface area contributed by atoms with Crippen LogP contribution >= 0.6 is 0 Å². The normalized spacial score (nSPS) is 23.9. The van der Waals surface area contributed by atoms with E-state index >= 15 is 0 Å². The van der Waals surface area contributed by atoms with E-state index in [1.54, 1.807) is 0 Å². The fraction of sp³-hybridized carbons (Fsp3) is 0.500. The maximum Gasteiger partial charge on any atom is 0.123 e. The quantitative estimate of drug-likeness (QED) is 0.710. The van der Waals surface area contributed by atoms with Crippen LogP contribution in [0, 0.1) is 11.3 Å². The van der Waals surface area contributed by atoms with Gasteiger partial charge in [-0.15, -0.1) is 0 Å². The molecule has 1 aliphatic heterocycles. The summed E-state index contributed by atoms with van der Waals surface area (Å²) in [4.78, 5) is 13.5. The summed E-state index contributed by atoms with van der Waals surface area (Å²) in [5, 5.41) is 9.99. The average Bonchev–Trinajstić information content (AvgIpc) is 3.23. The van der Waals surface area contributed by atoms with Crippen LogP contribution in [0.15, 0.2) is 42.5 Å². The number of nitrogens with zero attached hydrogens (tertiary/aromatic N) is 1. The summed E-state index contributed by atoms with van der Waals surface area (Å²) in [7, 11) is 0. The SMILES string of the molecule is O=CC1CCN(c2ccc([C@@H]3c4ccc(O)cc4CCC34CCCC4)cc2)CC1. The first-order valence-electron chi connectivity index (χ1n) is 11.3. The molecule has 3 heteroatoms. The zero-order valence-electron chi connectivity index (χ0n) is 17.1. The number of aryl methyl sites for hydroxylation is 1. The molecule has 0 unspecified atom stereocenters. The van der Waals surface area contributed by atoms with Crippen LogP contribution in [-0.2, 0) is 11.2 Å². The van der Waals surface area contributed by atoms with Gasteiger partial charge in [-0.3, -0.25) is 0 Å². The highest BCUT2D eigenvalue weighted by molar-refractivity contribution is 5.56. The van der Waals surface area contributed by atoms with Gasteiger partial charge in [0.25, 0.3) is 0 Å². The van der Waals surface area contributed by atoms with E-state index in [0.717, 1.165) is 38.6 Å². The van der Waals surface area contributed by atoms with Crippen LogP contribution in [0.2, 0.25) is 0 Å². The van der Waals surface area contributed by atoms with Crippen LogP contribution in [0.1, 0.15) is 67.6 Å². The second-order valence-corrected chi connectivity index (χ2v) is 9.44. The van der Waals surface area contributed by atoms with Gasteiger partial charge in [-0.1, -0.05) is 31.0 Å². The Morgan fingerprint density at radius 3 is 2.38 bits per heavy atom. The van der Waals surface area contributed by atoms with Gasteiger partial charge in [-0.2, -0.15) is 0 Å². The second kappa shape index (κ2) is 7.51. The van der Waals surface area contributed by atoms with Gasteiger partial charge in [0.15, 0.2) is 0 Å². The van der Waals surface area contributed by atoms with E-state index in [0.29, 0.717) is 17.1 Å². The molecular formula is C26H31NO2. The smallest absolute Gasteiger partial charge is 0.123 e. The zero-order chi connectivity index (χ0) is 19.8. The molecule has 0 amide bonds. The Morgan fingerprint density at radius 2 is 1.69 bits per heavy atom. The summed E-state index contributed by atoms with van der Waals surface area (Å²) in [5.74, 6) is 1.06. The van der Waals surface area contributed by atoms with Gasteiger partial charge < -0.3 is 14.8 Å². The van der Waals surface area contributed by atoms with Gasteiger partial charge in [0, 0.05) is 30.6 Å². The molecule has 2 aromatic rings. The number of aromatic hydroxyl groups is 1. The Balaban J connectivity index is 1.46. The lowest BCUT2D eigenvalue weighted by molar-refractivity contribution is -0.111. The molecule has 29 heavy (non-hydrogen) atoms. The number of fused-ring (bicyclic) bond motifs is 1. The summed E-state index contributed by atoms with van der Waals surface area (Å²) in [6, 6.07) is 15.3. The number of carbonyl (C=O) groups excluding carboxylic acids is 1. The highest BCUT2D eigenvalue weighted by Crippen LogP contribution is 2.58. The lowest BCUT2D eigenvalue weighted by atomic mass is 9.60. The first-order chi connectivity index (χ1) is 14.2. The van der Waals surface area contributed by atoms with Gasteiger partial charge in [-0.05, 0) is 84.9 Å². The molecule has 3 nitrogen and oxygen atoms in total. The number of phenolic OH excluding ortho intramolecular Hbond substituents is 1. The third-order valence-electron chi connectivity index (χ3n) is 7.87. The van der Waals surface area contributed by atoms with Gasteiger partial charge in [-0.25, -0.2) is 0 Å². The highest BCUT2D eigenvalue weighted by Gasteiger charge is 2.45. The van der Waals surface area contributed by atoms with Gasteiger partial charge in [0.05, 0.1) is 0 Å². The van der Waals surface area contributed by atoms with Crippen molar-refractivity contribution in [3.63, 3.8) is 0 Å². The Kier molecular flexibility index (Phi) is 4.85. The second-order valence-electron chi connectivity index (χ2n) is 9.44. The van der Waals surface area contributed by atoms with Crippen molar-refractivity contribution in [1.82, 2.24) is 0 Å². The first-order valence-corrected chi connectivity index (χ1v) is 11.3. The largest absolute Gasteiger partial charge is 0.508 e. The van der Waals surface area contributed by atoms with Crippen LogP contribution < -0.4 is 4.90 Å². The number of benzene rings is 2. The van der Waals surface area contributed by atoms with Crippen LogP contribution in [0.25, 0.3) is 0 Å². The number of phenols is 1. The summed E-state index contributed by atoms with van der Waals surface area (Å²) < 4.78 is 0. The number of rotatable bonds is 3. The molecule has 1 saturated carbocycles. The average molecular weight is 390 g/mol. The van der Waals surface area contributed by atoms with Crippen LogP contribution in [0.3, 0.4) is 0 Å². The number of aldehydes is 1. The zero-order valence-corrected chi connectivity index (χ0v) is 17.1. The van der Waals surface area contributed by atoms with Crippen molar-refractivity contribution in [3.8, 4) is 5.75 Å². The lowest BCUT2D eigenvalue weighted by Gasteiger charge is -2.43. The topological polar surface area (TPSA) is 40.5 Å². The Hall–Kier alpha value is -2.29. The van der Waals surface area contributed by atoms with E-state index in [4.69, 9.17) is 0 Å². The van der Waals surface area contributed by atoms with Crippen molar-refractivity contribution in [2.45, 2.75) is 57.3 Å². The molecule has 0 bridgehead atoms. The molecule has 0 radical (unpaired) electrons. The monoisotopic (exact) mass is 389 g/mol. The summed E-state index contributed by atoms with van der Waals surface area (Å²) >= 11 is 0. The molecule has 1 spiro atoms. The van der Waals surface area contributed by atoms with E-state index < -0.39 is 0 Å². The number of carbonyl (C=O) groups is 1. The fourth-order valence-electron chi connectivity index (χ4n) is 6.27. The van der Waals surface area contributed by atoms with Crippen LogP contribution in [0.4, 0.5) is 5.69 Å². The van der Waals surface area contributed by atoms with Crippen LogP contribution in [0.5, 0.6) is 5.75 Å². The molecule has 3 aliphatic rings. The molecule has 0 aromatic heterocycles. The minimum atomic E-state index is 0.239. The summed E-state index contributed by atoms with van der Waals surface area (Å²) in [6.07, 6.45) is 10.7. The fourth-order valence-corrected chi connectivity index (χ4v) is 6.27. The third-order valence-corrected chi connectivity index (χ3v) is 7.87. The van der Waals surface area contributed by atoms with Crippen molar-refractivity contribution in [1.29, 1.82) is 0 Å². The Bertz CT molecular complexity index is 874. The third kappa shape index (κ3) is 3.35. The molecule has 2 aromatic carbocycles. The first kappa shape index (κ1) is 18.7. The number of piperidine rings is 1. The molecule has 2 fully saturated rings. The van der Waals surface area contributed by atoms with Crippen molar-refractivity contribution < 1.29 is 9.90 Å². The lowest BCUT2D eigenvalue weighted by Crippen LogP contribution is -2.34. The highest BCUT2D eigenvalue weighted by atomic mass is 16.3. The maximum atomic E-state index is 11.0. The molecule has 1 atom stereocenters. The van der Waals surface area contributed by atoms with Gasteiger partial charge >= 0.3 is 0 Å². The molecule has 1 heterocycles. The van der Waals surface area contributed by atoms with E-state index in [-0.39, 0.29) is 5.92 Å². The van der Waals surface area contributed by atoms with Gasteiger partial charge in [0.2, 0.25) is 0 Å². The van der Waals surface area contributed by atoms with E-state index in [9.17, 15) is 9.90 Å². The number of hydrogen-bond acceptors (Lipinski definition) is 3. The van der Waals surface area contributed by atoms with E-state index in [1.165, 1.54) is 54.5 Å². The standard InChI is InChI=1S/C26H31NO2/c28-18-19-10-15-27(16-11-19)22-5-3-20(4-6-22)25-24-8-7-23(29)17-21(24)9-14-26(25)12-1-2-13-26/h3-8,17-19,25,29H,1-2,9-16H2/t25-/m1/s1. The van der Waals surface area contributed by atoms with Crippen molar-refractivity contribution in [3.05, 3.63) is 59.2 Å². The Labute approximate surface area is 173 Å². The predicted molar refractivity (Wildman–Crippen MR) is 117 cm³/mol. The predicted octanol–water partition coefficient (Wildman–Crippen LogP) is 5.45. The van der Waals surface area contributed by atoms with Crippen molar-refractivity contribution >= 4 is 12.0 Å². The van der Waals surface area contributed by atoms with E-state index in [2.05, 4.69) is 35.2 Å². The molecule has 2 aliphatic carbocycles. The van der Waals surface area contributed by atoms with Crippen molar-refractivity contribution in [2.24, 2.45) is 11.3 Å². The van der Waals surface area contributed by atoms with E-state index in [1.807, 2.05) is 12.1 Å². The Morgan fingerprint density at radius 1 is 0.966 bits per heavy atom. The minimum Gasteiger partial charge on any atom is -0.508 e. The maximum absolute atomic E-state index is 11.0. The molecule has 1 saturated heterocycles. The van der Waals surface area contributed by atoms with Crippen LogP contribution in [-0.4, -0.2) is 24.5 Å². The molecule has 152 valence electrons. The summed E-state index contributed by atoms with van der Waals surface area (Å²) in [5.41, 5.74) is 5.83. The molecule has 1 N–H and O–H groups in total. The van der Waals surface area contributed by atoms with Gasteiger partial charge in [0.1, 0.15) is 12.0 Å². The summed E-state index contributed by atoms with van der Waals surface area (Å²) in [6.45, 7) is 1.94. The number of hydrogen-bond donors (Lipinski definition) is 1. The number of anilines is 1. The minimum absolute atomic E-state index is 0.239.